The van der Waals surface area contributed by atoms with Gasteiger partial charge in [-0.15, -0.1) is 0 Å². The Kier molecular flexibility index (Phi) is 7.97. The van der Waals surface area contributed by atoms with Crippen LogP contribution < -0.4 is 10.2 Å². The van der Waals surface area contributed by atoms with Gasteiger partial charge in [0.05, 0.1) is 4.92 Å². The van der Waals surface area contributed by atoms with Gasteiger partial charge in [0.1, 0.15) is 5.56 Å². The van der Waals surface area contributed by atoms with Crippen molar-refractivity contribution < 1.29 is 19.2 Å². The molecule has 0 aliphatic heterocycles. The van der Waals surface area contributed by atoms with Crippen molar-refractivity contribution in [3.63, 3.8) is 0 Å². The summed E-state index contributed by atoms with van der Waals surface area (Å²) in [5.74, 6) is -1.45. The third-order valence-electron chi connectivity index (χ3n) is 4.16. The van der Waals surface area contributed by atoms with Gasteiger partial charge in [0, 0.05) is 36.4 Å². The van der Waals surface area contributed by atoms with E-state index in [2.05, 4.69) is 16.3 Å². The predicted octanol–water partition coefficient (Wildman–Crippen LogP) is 3.36. The van der Waals surface area contributed by atoms with Gasteiger partial charge < -0.3 is 15.0 Å². The molecule has 29 heavy (non-hydrogen) atoms. The number of carbonyl (C=O) groups is 2. The number of nitro benzene ring substituents is 1. The smallest absolute Gasteiger partial charge is 0.345 e. The molecule has 2 aromatic carbocycles. The van der Waals surface area contributed by atoms with E-state index in [0.717, 1.165) is 23.9 Å². The van der Waals surface area contributed by atoms with E-state index in [1.165, 1.54) is 12.1 Å². The van der Waals surface area contributed by atoms with Gasteiger partial charge in [0.25, 0.3) is 11.6 Å². The topological polar surface area (TPSA) is 102 Å². The van der Waals surface area contributed by atoms with Crippen LogP contribution in [0.1, 0.15) is 22.8 Å². The number of rotatable bonds is 9. The van der Waals surface area contributed by atoms with E-state index in [1.807, 2.05) is 32.0 Å². The van der Waals surface area contributed by atoms with E-state index in [9.17, 15) is 19.7 Å². The standard InChI is InChI=1S/C20H22ClN3O5/c1-3-23(16-6-4-5-14(2)11-16)10-9-22-19(25)13-29-20(26)17-8-7-15(21)12-18(17)24(27)28/h4-8,11-12H,3,9-10,13H2,1-2H3,(H,22,25). The zero-order chi connectivity index (χ0) is 21.4. The van der Waals surface area contributed by atoms with Crippen LogP contribution in [0.4, 0.5) is 11.4 Å². The molecule has 1 amide bonds. The lowest BCUT2D eigenvalue weighted by Gasteiger charge is -2.23. The summed E-state index contributed by atoms with van der Waals surface area (Å²) in [6.45, 7) is 5.22. The van der Waals surface area contributed by atoms with Crippen LogP contribution in [0.15, 0.2) is 42.5 Å². The van der Waals surface area contributed by atoms with Crippen LogP contribution in [0.3, 0.4) is 0 Å². The van der Waals surface area contributed by atoms with Crippen LogP contribution in [0.5, 0.6) is 0 Å². The van der Waals surface area contributed by atoms with Crippen molar-refractivity contribution in [2.75, 3.05) is 31.1 Å². The van der Waals surface area contributed by atoms with Crippen molar-refractivity contribution in [2.45, 2.75) is 13.8 Å². The Morgan fingerprint density at radius 2 is 2.00 bits per heavy atom. The second-order valence-electron chi connectivity index (χ2n) is 6.26. The summed E-state index contributed by atoms with van der Waals surface area (Å²) < 4.78 is 4.89. The van der Waals surface area contributed by atoms with Gasteiger partial charge in [-0.25, -0.2) is 4.79 Å². The Balaban J connectivity index is 1.84. The Morgan fingerprint density at radius 1 is 1.24 bits per heavy atom. The number of nitrogens with zero attached hydrogens (tertiary/aromatic N) is 2. The lowest BCUT2D eigenvalue weighted by atomic mass is 10.2. The van der Waals surface area contributed by atoms with Crippen LogP contribution in [-0.2, 0) is 9.53 Å². The van der Waals surface area contributed by atoms with E-state index >= 15 is 0 Å². The number of nitrogens with one attached hydrogen (secondary N) is 1. The monoisotopic (exact) mass is 419 g/mol. The molecule has 9 heteroatoms. The number of likely N-dealkylation sites (N-methyl/N-ethyl adjacent to an activating group) is 1. The van der Waals surface area contributed by atoms with E-state index in [-0.39, 0.29) is 10.6 Å². The summed E-state index contributed by atoms with van der Waals surface area (Å²) in [4.78, 5) is 36.4. The van der Waals surface area contributed by atoms with Crippen LogP contribution >= 0.6 is 11.6 Å². The van der Waals surface area contributed by atoms with Crippen molar-refractivity contribution in [1.82, 2.24) is 5.32 Å². The van der Waals surface area contributed by atoms with Gasteiger partial charge in [0.15, 0.2) is 6.61 Å². The molecule has 154 valence electrons. The fourth-order valence-electron chi connectivity index (χ4n) is 2.71. The number of amides is 1. The highest BCUT2D eigenvalue weighted by Crippen LogP contribution is 2.23. The highest BCUT2D eigenvalue weighted by molar-refractivity contribution is 6.31. The van der Waals surface area contributed by atoms with Gasteiger partial charge in [-0.05, 0) is 43.7 Å². The summed E-state index contributed by atoms with van der Waals surface area (Å²) >= 11 is 5.72. The maximum atomic E-state index is 12.1. The number of nitro groups is 1. The summed E-state index contributed by atoms with van der Waals surface area (Å²) in [5, 5.41) is 13.8. The van der Waals surface area contributed by atoms with Crippen molar-refractivity contribution in [1.29, 1.82) is 0 Å². The number of aryl methyl sites for hydroxylation is 1. The molecule has 0 aliphatic carbocycles. The zero-order valence-electron chi connectivity index (χ0n) is 16.2. The predicted molar refractivity (Wildman–Crippen MR) is 110 cm³/mol. The molecule has 2 rings (SSSR count). The maximum absolute atomic E-state index is 12.1. The lowest BCUT2D eigenvalue weighted by molar-refractivity contribution is -0.385. The number of carbonyl (C=O) groups excluding carboxylic acids is 2. The molecule has 0 bridgehead atoms. The molecule has 0 saturated carbocycles. The highest BCUT2D eigenvalue weighted by Gasteiger charge is 2.22. The molecule has 0 aliphatic rings. The molecule has 2 aromatic rings. The Labute approximate surface area is 173 Å². The fourth-order valence-corrected chi connectivity index (χ4v) is 2.88. The fraction of sp³-hybridized carbons (Fsp3) is 0.300. The third kappa shape index (κ3) is 6.46. The minimum Gasteiger partial charge on any atom is -0.452 e. The Bertz CT molecular complexity index is 903. The van der Waals surface area contributed by atoms with Crippen LogP contribution in [0.2, 0.25) is 5.02 Å². The highest BCUT2D eigenvalue weighted by atomic mass is 35.5. The number of benzene rings is 2. The van der Waals surface area contributed by atoms with Gasteiger partial charge in [-0.3, -0.25) is 14.9 Å². The van der Waals surface area contributed by atoms with Gasteiger partial charge in [-0.2, -0.15) is 0 Å². The molecule has 0 spiro atoms. The second kappa shape index (κ2) is 10.4. The SMILES string of the molecule is CCN(CCNC(=O)COC(=O)c1ccc(Cl)cc1[N+](=O)[O-])c1cccc(C)c1. The van der Waals surface area contributed by atoms with E-state index in [4.69, 9.17) is 16.3 Å². The molecule has 0 radical (unpaired) electrons. The minimum absolute atomic E-state index is 0.125. The van der Waals surface area contributed by atoms with Gasteiger partial charge in [0.2, 0.25) is 0 Å². The third-order valence-corrected chi connectivity index (χ3v) is 4.40. The number of esters is 1. The summed E-state index contributed by atoms with van der Waals surface area (Å²) in [6, 6.07) is 11.6. The molecular formula is C20H22ClN3O5. The van der Waals surface area contributed by atoms with Crippen LogP contribution in [0.25, 0.3) is 0 Å². The Morgan fingerprint density at radius 3 is 2.66 bits per heavy atom. The molecule has 0 fully saturated rings. The number of ether oxygens (including phenoxy) is 1. The number of hydrogen-bond acceptors (Lipinski definition) is 6. The van der Waals surface area contributed by atoms with E-state index in [0.29, 0.717) is 13.1 Å². The molecule has 0 unspecified atom stereocenters. The number of halogens is 1. The summed E-state index contributed by atoms with van der Waals surface area (Å²) in [7, 11) is 0. The molecule has 0 heterocycles. The van der Waals surface area contributed by atoms with Gasteiger partial charge >= 0.3 is 5.97 Å². The normalized spacial score (nSPS) is 10.3. The van der Waals surface area contributed by atoms with Crippen molar-refractivity contribution >= 4 is 34.9 Å². The molecule has 0 saturated heterocycles. The lowest BCUT2D eigenvalue weighted by Crippen LogP contribution is -2.37. The summed E-state index contributed by atoms with van der Waals surface area (Å²) in [6.07, 6.45) is 0. The van der Waals surface area contributed by atoms with Gasteiger partial charge in [-0.1, -0.05) is 23.7 Å². The molecule has 8 nitrogen and oxygen atoms in total. The van der Waals surface area contributed by atoms with Crippen molar-refractivity contribution in [3.8, 4) is 0 Å². The Hall–Kier alpha value is -3.13. The first-order valence-corrected chi connectivity index (χ1v) is 9.39. The quantitative estimate of drug-likeness (QED) is 0.380. The second-order valence-corrected chi connectivity index (χ2v) is 6.70. The first kappa shape index (κ1) is 22.2. The largest absolute Gasteiger partial charge is 0.452 e. The number of hydrogen-bond donors (Lipinski definition) is 1. The minimum atomic E-state index is -0.960. The molecule has 0 atom stereocenters. The van der Waals surface area contributed by atoms with E-state index in [1.54, 1.807) is 0 Å². The van der Waals surface area contributed by atoms with Crippen molar-refractivity contribution in [3.05, 3.63) is 68.7 Å². The summed E-state index contributed by atoms with van der Waals surface area (Å²) in [5.41, 5.74) is 1.47. The molecule has 0 aromatic heterocycles. The van der Waals surface area contributed by atoms with Crippen LogP contribution in [-0.4, -0.2) is 43.0 Å². The first-order valence-electron chi connectivity index (χ1n) is 9.01. The average molecular weight is 420 g/mol. The van der Waals surface area contributed by atoms with E-state index < -0.39 is 29.1 Å². The number of anilines is 1. The van der Waals surface area contributed by atoms with Crippen LogP contribution in [0, 0.1) is 17.0 Å². The molecular weight excluding hydrogens is 398 g/mol. The average Bonchev–Trinajstić information content (AvgIpc) is 2.69. The van der Waals surface area contributed by atoms with Crippen molar-refractivity contribution in [2.24, 2.45) is 0 Å². The first-order chi connectivity index (χ1) is 13.8. The molecule has 1 N–H and O–H groups in total. The zero-order valence-corrected chi connectivity index (χ0v) is 16.9. The maximum Gasteiger partial charge on any atom is 0.345 e.